The van der Waals surface area contributed by atoms with Crippen molar-refractivity contribution in [2.24, 2.45) is 0 Å². The van der Waals surface area contributed by atoms with E-state index in [0.29, 0.717) is 23.4 Å². The van der Waals surface area contributed by atoms with Crippen LogP contribution in [0.15, 0.2) is 18.2 Å². The van der Waals surface area contributed by atoms with Gasteiger partial charge in [-0.1, -0.05) is 18.5 Å². The Kier molecular flexibility index (Phi) is 6.17. The lowest BCUT2D eigenvalue weighted by Gasteiger charge is -2.11. The molecule has 0 bridgehead atoms. The molecule has 0 aliphatic heterocycles. The molecule has 4 heteroatoms. The van der Waals surface area contributed by atoms with Crippen LogP contribution in [0.5, 0.6) is 0 Å². The Labute approximate surface area is 105 Å². The third-order valence-corrected chi connectivity index (χ3v) is 3.43. The minimum atomic E-state index is -0.494. The number of benzene rings is 1. The molecule has 0 fully saturated rings. The van der Waals surface area contributed by atoms with Gasteiger partial charge in [-0.05, 0) is 41.7 Å². The van der Waals surface area contributed by atoms with E-state index in [1.165, 1.54) is 12.1 Å². The molecule has 0 saturated heterocycles. The number of halogens is 2. The lowest BCUT2D eigenvalue weighted by atomic mass is 10.1. The second-order valence-electron chi connectivity index (χ2n) is 3.58. The maximum atomic E-state index is 13.3. The summed E-state index contributed by atoms with van der Waals surface area (Å²) in [6, 6.07) is 4.43. The average Bonchev–Trinajstić information content (AvgIpc) is 2.24. The van der Waals surface area contributed by atoms with Crippen molar-refractivity contribution >= 4 is 23.4 Å². The lowest BCUT2D eigenvalue weighted by molar-refractivity contribution is 0.171. The Balaban J connectivity index is 2.48. The van der Waals surface area contributed by atoms with Crippen molar-refractivity contribution in [1.82, 2.24) is 0 Å². The molecule has 1 aromatic carbocycles. The number of aliphatic hydroxyl groups excluding tert-OH is 1. The molecular weight excluding hydrogens is 247 g/mol. The standard InChI is InChI=1S/C12H16ClFOS/c1-2-16-6-5-11(15)8-9-7-10(13)3-4-12(9)14/h3-4,7,11,15H,2,5-6,8H2,1H3. The van der Waals surface area contributed by atoms with E-state index in [1.54, 1.807) is 17.8 Å². The molecule has 0 amide bonds. The van der Waals surface area contributed by atoms with Gasteiger partial charge < -0.3 is 5.11 Å². The molecule has 0 radical (unpaired) electrons. The Morgan fingerprint density at radius 2 is 2.25 bits per heavy atom. The highest BCUT2D eigenvalue weighted by atomic mass is 35.5. The van der Waals surface area contributed by atoms with Crippen molar-refractivity contribution in [3.63, 3.8) is 0 Å². The maximum absolute atomic E-state index is 13.3. The third-order valence-electron chi connectivity index (χ3n) is 2.26. The Morgan fingerprint density at radius 1 is 1.50 bits per heavy atom. The van der Waals surface area contributed by atoms with Crippen molar-refractivity contribution in [3.05, 3.63) is 34.6 Å². The van der Waals surface area contributed by atoms with Gasteiger partial charge >= 0.3 is 0 Å². The van der Waals surface area contributed by atoms with Gasteiger partial charge in [-0.2, -0.15) is 11.8 Å². The summed E-state index contributed by atoms with van der Waals surface area (Å²) in [7, 11) is 0. The first-order chi connectivity index (χ1) is 7.63. The molecule has 0 spiro atoms. The summed E-state index contributed by atoms with van der Waals surface area (Å²) in [5, 5.41) is 10.2. The summed E-state index contributed by atoms with van der Waals surface area (Å²) >= 11 is 7.55. The van der Waals surface area contributed by atoms with Crippen molar-refractivity contribution in [1.29, 1.82) is 0 Å². The van der Waals surface area contributed by atoms with Gasteiger partial charge in [0, 0.05) is 11.4 Å². The van der Waals surface area contributed by atoms with E-state index < -0.39 is 6.10 Å². The average molecular weight is 263 g/mol. The van der Waals surface area contributed by atoms with E-state index >= 15 is 0 Å². The van der Waals surface area contributed by atoms with E-state index in [9.17, 15) is 9.50 Å². The van der Waals surface area contributed by atoms with E-state index in [4.69, 9.17) is 11.6 Å². The lowest BCUT2D eigenvalue weighted by Crippen LogP contribution is -2.12. The van der Waals surface area contributed by atoms with Gasteiger partial charge in [-0.3, -0.25) is 0 Å². The Bertz CT molecular complexity index is 333. The van der Waals surface area contributed by atoms with Gasteiger partial charge in [0.05, 0.1) is 6.10 Å². The first-order valence-corrected chi connectivity index (χ1v) is 6.86. The zero-order valence-corrected chi connectivity index (χ0v) is 10.8. The van der Waals surface area contributed by atoms with Crippen LogP contribution in [0.4, 0.5) is 4.39 Å². The molecule has 0 aliphatic rings. The SMILES string of the molecule is CCSCCC(O)Cc1cc(Cl)ccc1F. The van der Waals surface area contributed by atoms with Crippen LogP contribution in [0, 0.1) is 5.82 Å². The number of aliphatic hydroxyl groups is 1. The third kappa shape index (κ3) is 4.73. The van der Waals surface area contributed by atoms with E-state index in [0.717, 1.165) is 11.5 Å². The number of rotatable bonds is 6. The van der Waals surface area contributed by atoms with Gasteiger partial charge in [0.1, 0.15) is 5.82 Å². The number of hydrogen-bond donors (Lipinski definition) is 1. The highest BCUT2D eigenvalue weighted by Gasteiger charge is 2.09. The number of hydrogen-bond acceptors (Lipinski definition) is 2. The van der Waals surface area contributed by atoms with Gasteiger partial charge in [-0.25, -0.2) is 4.39 Å². The topological polar surface area (TPSA) is 20.2 Å². The second-order valence-corrected chi connectivity index (χ2v) is 5.41. The predicted octanol–water partition coefficient (Wildman–Crippen LogP) is 3.53. The maximum Gasteiger partial charge on any atom is 0.126 e. The summed E-state index contributed by atoms with van der Waals surface area (Å²) in [6.07, 6.45) is 0.522. The monoisotopic (exact) mass is 262 g/mol. The van der Waals surface area contributed by atoms with Gasteiger partial charge in [0.15, 0.2) is 0 Å². The quantitative estimate of drug-likeness (QED) is 0.792. The molecule has 0 heterocycles. The fraction of sp³-hybridized carbons (Fsp3) is 0.500. The molecule has 1 aromatic rings. The molecular formula is C12H16ClFOS. The summed E-state index contributed by atoms with van der Waals surface area (Å²) in [6.45, 7) is 2.08. The van der Waals surface area contributed by atoms with Crippen LogP contribution in [0.2, 0.25) is 5.02 Å². The van der Waals surface area contributed by atoms with Crippen LogP contribution in [0.25, 0.3) is 0 Å². The van der Waals surface area contributed by atoms with Crippen molar-refractivity contribution in [2.75, 3.05) is 11.5 Å². The van der Waals surface area contributed by atoms with E-state index in [2.05, 4.69) is 6.92 Å². The summed E-state index contributed by atoms with van der Waals surface area (Å²) in [5.74, 6) is 1.64. The smallest absolute Gasteiger partial charge is 0.126 e. The van der Waals surface area contributed by atoms with E-state index in [1.807, 2.05) is 0 Å². The first-order valence-electron chi connectivity index (χ1n) is 5.33. The zero-order chi connectivity index (χ0) is 12.0. The Morgan fingerprint density at radius 3 is 2.94 bits per heavy atom. The fourth-order valence-corrected chi connectivity index (χ4v) is 2.34. The molecule has 1 unspecified atom stereocenters. The molecule has 1 rings (SSSR count). The fourth-order valence-electron chi connectivity index (χ4n) is 1.42. The van der Waals surface area contributed by atoms with Crippen LogP contribution in [-0.2, 0) is 6.42 Å². The highest BCUT2D eigenvalue weighted by Crippen LogP contribution is 2.17. The van der Waals surface area contributed by atoms with Crippen LogP contribution in [-0.4, -0.2) is 22.7 Å². The largest absolute Gasteiger partial charge is 0.393 e. The van der Waals surface area contributed by atoms with Crippen molar-refractivity contribution in [2.45, 2.75) is 25.9 Å². The summed E-state index contributed by atoms with van der Waals surface area (Å²) in [5.41, 5.74) is 0.487. The molecule has 0 aliphatic carbocycles. The summed E-state index contributed by atoms with van der Waals surface area (Å²) in [4.78, 5) is 0. The molecule has 1 N–H and O–H groups in total. The summed E-state index contributed by atoms with van der Waals surface area (Å²) < 4.78 is 13.3. The molecule has 16 heavy (non-hydrogen) atoms. The van der Waals surface area contributed by atoms with Crippen LogP contribution < -0.4 is 0 Å². The molecule has 0 saturated carbocycles. The van der Waals surface area contributed by atoms with Crippen LogP contribution >= 0.6 is 23.4 Å². The van der Waals surface area contributed by atoms with Gasteiger partial charge in [-0.15, -0.1) is 0 Å². The van der Waals surface area contributed by atoms with Gasteiger partial charge in [0.25, 0.3) is 0 Å². The Hall–Kier alpha value is -0.250. The minimum Gasteiger partial charge on any atom is -0.393 e. The minimum absolute atomic E-state index is 0.299. The van der Waals surface area contributed by atoms with Crippen LogP contribution in [0.3, 0.4) is 0 Å². The molecule has 90 valence electrons. The molecule has 0 aromatic heterocycles. The first kappa shape index (κ1) is 13.8. The molecule has 1 nitrogen and oxygen atoms in total. The zero-order valence-electron chi connectivity index (χ0n) is 9.25. The molecule has 1 atom stereocenters. The highest BCUT2D eigenvalue weighted by molar-refractivity contribution is 7.99. The van der Waals surface area contributed by atoms with E-state index in [-0.39, 0.29) is 5.82 Å². The second kappa shape index (κ2) is 7.15. The number of thioether (sulfide) groups is 1. The normalized spacial score (nSPS) is 12.8. The van der Waals surface area contributed by atoms with Gasteiger partial charge in [0.2, 0.25) is 0 Å². The predicted molar refractivity (Wildman–Crippen MR) is 68.7 cm³/mol. The van der Waals surface area contributed by atoms with Crippen molar-refractivity contribution < 1.29 is 9.50 Å². The van der Waals surface area contributed by atoms with Crippen LogP contribution in [0.1, 0.15) is 18.9 Å². The van der Waals surface area contributed by atoms with Crippen molar-refractivity contribution in [3.8, 4) is 0 Å².